The Kier molecular flexibility index (Phi) is 3.43. The van der Waals surface area contributed by atoms with Crippen molar-refractivity contribution >= 4 is 16.7 Å². The van der Waals surface area contributed by atoms with Crippen LogP contribution in [0.1, 0.15) is 11.4 Å². The van der Waals surface area contributed by atoms with Crippen molar-refractivity contribution in [3.63, 3.8) is 0 Å². The van der Waals surface area contributed by atoms with Gasteiger partial charge in [-0.25, -0.2) is 4.98 Å². The number of anilines is 1. The van der Waals surface area contributed by atoms with Crippen LogP contribution in [0.3, 0.4) is 0 Å². The SMILES string of the molecule is COc1ccc(Cc2nsc(N)n2)cc1OC. The van der Waals surface area contributed by atoms with Crippen LogP contribution < -0.4 is 15.2 Å². The summed E-state index contributed by atoms with van der Waals surface area (Å²) in [7, 11) is 3.22. The van der Waals surface area contributed by atoms with Gasteiger partial charge < -0.3 is 15.2 Å². The quantitative estimate of drug-likeness (QED) is 0.896. The molecular formula is C11H13N3O2S. The molecule has 0 aliphatic rings. The molecule has 1 heterocycles. The lowest BCUT2D eigenvalue weighted by molar-refractivity contribution is 0.354. The van der Waals surface area contributed by atoms with E-state index in [0.29, 0.717) is 23.1 Å². The van der Waals surface area contributed by atoms with Gasteiger partial charge in [0.1, 0.15) is 5.82 Å². The largest absolute Gasteiger partial charge is 0.493 e. The number of rotatable bonds is 4. The number of hydrogen-bond acceptors (Lipinski definition) is 6. The van der Waals surface area contributed by atoms with Crippen molar-refractivity contribution in [2.24, 2.45) is 0 Å². The Morgan fingerprint density at radius 1 is 1.24 bits per heavy atom. The molecule has 2 N–H and O–H groups in total. The summed E-state index contributed by atoms with van der Waals surface area (Å²) in [6, 6.07) is 5.73. The Morgan fingerprint density at radius 3 is 2.59 bits per heavy atom. The fourth-order valence-electron chi connectivity index (χ4n) is 1.51. The number of nitrogen functional groups attached to an aromatic ring is 1. The predicted molar refractivity (Wildman–Crippen MR) is 66.7 cm³/mol. The van der Waals surface area contributed by atoms with Crippen molar-refractivity contribution in [2.75, 3.05) is 20.0 Å². The first kappa shape index (κ1) is 11.7. The molecule has 6 heteroatoms. The van der Waals surface area contributed by atoms with Gasteiger partial charge in [-0.3, -0.25) is 0 Å². The second-order valence-corrected chi connectivity index (χ2v) is 4.20. The van der Waals surface area contributed by atoms with Crippen LogP contribution in [0.5, 0.6) is 11.5 Å². The molecule has 90 valence electrons. The Bertz CT molecular complexity index is 513. The number of nitrogens with two attached hydrogens (primary N) is 1. The molecule has 5 nitrogen and oxygen atoms in total. The monoisotopic (exact) mass is 251 g/mol. The molecule has 0 fully saturated rings. The van der Waals surface area contributed by atoms with Crippen molar-refractivity contribution in [2.45, 2.75) is 6.42 Å². The second-order valence-electron chi connectivity index (χ2n) is 3.41. The van der Waals surface area contributed by atoms with Gasteiger partial charge in [0.15, 0.2) is 16.6 Å². The van der Waals surface area contributed by atoms with E-state index in [1.807, 2.05) is 18.2 Å². The van der Waals surface area contributed by atoms with E-state index in [0.717, 1.165) is 11.4 Å². The first-order valence-corrected chi connectivity index (χ1v) is 5.79. The number of hydrogen-bond donors (Lipinski definition) is 1. The Balaban J connectivity index is 2.22. The fourth-order valence-corrected chi connectivity index (χ4v) is 1.96. The van der Waals surface area contributed by atoms with Gasteiger partial charge >= 0.3 is 0 Å². The van der Waals surface area contributed by atoms with Crippen molar-refractivity contribution in [1.29, 1.82) is 0 Å². The molecule has 1 aromatic heterocycles. The molecule has 17 heavy (non-hydrogen) atoms. The highest BCUT2D eigenvalue weighted by atomic mass is 32.1. The van der Waals surface area contributed by atoms with Crippen molar-refractivity contribution < 1.29 is 9.47 Å². The van der Waals surface area contributed by atoms with Crippen LogP contribution in [0.15, 0.2) is 18.2 Å². The van der Waals surface area contributed by atoms with E-state index in [2.05, 4.69) is 9.36 Å². The zero-order valence-corrected chi connectivity index (χ0v) is 10.5. The number of methoxy groups -OCH3 is 2. The zero-order chi connectivity index (χ0) is 12.3. The second kappa shape index (κ2) is 5.01. The minimum Gasteiger partial charge on any atom is -0.493 e. The van der Waals surface area contributed by atoms with Crippen molar-refractivity contribution in [3.05, 3.63) is 29.6 Å². The Hall–Kier alpha value is -1.82. The van der Waals surface area contributed by atoms with Crippen LogP contribution in [0.2, 0.25) is 0 Å². The van der Waals surface area contributed by atoms with Crippen molar-refractivity contribution in [3.8, 4) is 11.5 Å². The van der Waals surface area contributed by atoms with E-state index in [1.54, 1.807) is 14.2 Å². The Morgan fingerprint density at radius 2 is 2.00 bits per heavy atom. The molecule has 2 aromatic rings. The molecule has 0 unspecified atom stereocenters. The predicted octanol–water partition coefficient (Wildman–Crippen LogP) is 1.73. The molecule has 0 radical (unpaired) electrons. The number of aromatic nitrogens is 2. The minimum atomic E-state index is 0.487. The van der Waals surface area contributed by atoms with Gasteiger partial charge in [-0.2, -0.15) is 4.37 Å². The molecule has 0 atom stereocenters. The lowest BCUT2D eigenvalue weighted by Crippen LogP contribution is -1.95. The average molecular weight is 251 g/mol. The third-order valence-corrected chi connectivity index (χ3v) is 2.87. The lowest BCUT2D eigenvalue weighted by atomic mass is 10.1. The van der Waals surface area contributed by atoms with E-state index in [1.165, 1.54) is 11.5 Å². The highest BCUT2D eigenvalue weighted by molar-refractivity contribution is 7.09. The minimum absolute atomic E-state index is 0.487. The number of benzene rings is 1. The summed E-state index contributed by atoms with van der Waals surface area (Å²) in [6.07, 6.45) is 0.633. The maximum Gasteiger partial charge on any atom is 0.199 e. The number of nitrogens with zero attached hydrogens (tertiary/aromatic N) is 2. The topological polar surface area (TPSA) is 70.3 Å². The van der Waals surface area contributed by atoms with Crippen LogP contribution in [-0.2, 0) is 6.42 Å². The maximum atomic E-state index is 5.53. The van der Waals surface area contributed by atoms with Gasteiger partial charge in [0.2, 0.25) is 0 Å². The summed E-state index contributed by atoms with van der Waals surface area (Å²) in [6.45, 7) is 0. The van der Waals surface area contributed by atoms with Crippen LogP contribution in [0, 0.1) is 0 Å². The molecule has 0 amide bonds. The van der Waals surface area contributed by atoms with Gasteiger partial charge in [-0.15, -0.1) is 0 Å². The molecule has 0 saturated heterocycles. The van der Waals surface area contributed by atoms with E-state index < -0.39 is 0 Å². The van der Waals surface area contributed by atoms with Crippen molar-refractivity contribution in [1.82, 2.24) is 9.36 Å². The van der Waals surface area contributed by atoms with E-state index >= 15 is 0 Å². The molecule has 0 spiro atoms. The lowest BCUT2D eigenvalue weighted by Gasteiger charge is -2.08. The Labute approximate surface area is 103 Å². The highest BCUT2D eigenvalue weighted by Crippen LogP contribution is 2.28. The van der Waals surface area contributed by atoms with E-state index in [9.17, 15) is 0 Å². The van der Waals surface area contributed by atoms with Gasteiger partial charge in [-0.05, 0) is 17.7 Å². The van der Waals surface area contributed by atoms with Gasteiger partial charge in [-0.1, -0.05) is 6.07 Å². The molecule has 0 bridgehead atoms. The smallest absolute Gasteiger partial charge is 0.199 e. The van der Waals surface area contributed by atoms with Gasteiger partial charge in [0, 0.05) is 18.0 Å². The summed E-state index contributed by atoms with van der Waals surface area (Å²) >= 11 is 1.20. The molecular weight excluding hydrogens is 238 g/mol. The van der Waals surface area contributed by atoms with Gasteiger partial charge in [0.05, 0.1) is 14.2 Å². The third kappa shape index (κ3) is 2.65. The molecule has 0 aliphatic carbocycles. The highest BCUT2D eigenvalue weighted by Gasteiger charge is 2.07. The molecule has 0 saturated carbocycles. The third-order valence-electron chi connectivity index (χ3n) is 2.29. The summed E-state index contributed by atoms with van der Waals surface area (Å²) in [5.41, 5.74) is 6.59. The summed E-state index contributed by atoms with van der Waals surface area (Å²) in [5, 5.41) is 0.487. The summed E-state index contributed by atoms with van der Waals surface area (Å²) < 4.78 is 14.5. The van der Waals surface area contributed by atoms with Crippen LogP contribution in [0.25, 0.3) is 0 Å². The summed E-state index contributed by atoms with van der Waals surface area (Å²) in [5.74, 6) is 2.13. The summed E-state index contributed by atoms with van der Waals surface area (Å²) in [4.78, 5) is 4.12. The molecule has 0 aliphatic heterocycles. The van der Waals surface area contributed by atoms with Crippen LogP contribution in [-0.4, -0.2) is 23.6 Å². The average Bonchev–Trinajstić information content (AvgIpc) is 2.74. The molecule has 1 aromatic carbocycles. The fraction of sp³-hybridized carbons (Fsp3) is 0.273. The van der Waals surface area contributed by atoms with Crippen LogP contribution >= 0.6 is 11.5 Å². The zero-order valence-electron chi connectivity index (χ0n) is 9.64. The first-order valence-electron chi connectivity index (χ1n) is 5.02. The van der Waals surface area contributed by atoms with E-state index in [4.69, 9.17) is 15.2 Å². The normalized spacial score (nSPS) is 10.2. The molecule has 2 rings (SSSR count). The van der Waals surface area contributed by atoms with E-state index in [-0.39, 0.29) is 0 Å². The maximum absolute atomic E-state index is 5.53. The standard InChI is InChI=1S/C11H13N3O2S/c1-15-8-4-3-7(5-9(8)16-2)6-10-13-11(12)17-14-10/h3-5H,6H2,1-2H3,(H2,12,13,14). The van der Waals surface area contributed by atoms with Crippen LogP contribution in [0.4, 0.5) is 5.13 Å². The van der Waals surface area contributed by atoms with Gasteiger partial charge in [0.25, 0.3) is 0 Å². The number of ether oxygens (including phenoxy) is 2. The first-order chi connectivity index (χ1) is 8.22.